The Labute approximate surface area is 139 Å². The van der Waals surface area contributed by atoms with Crippen LogP contribution in [-0.2, 0) is 22.3 Å². The lowest BCUT2D eigenvalue weighted by molar-refractivity contribution is -0.915. The number of ether oxygens (including phenoxy) is 3. The predicted octanol–water partition coefficient (Wildman–Crippen LogP) is 1.26. The molecule has 1 saturated heterocycles. The lowest BCUT2D eigenvalue weighted by Crippen LogP contribution is -3.15. The van der Waals surface area contributed by atoms with E-state index >= 15 is 0 Å². The van der Waals surface area contributed by atoms with E-state index in [4.69, 9.17) is 14.2 Å². The summed E-state index contributed by atoms with van der Waals surface area (Å²) >= 11 is 0. The van der Waals surface area contributed by atoms with Crippen molar-refractivity contribution in [2.75, 3.05) is 39.5 Å². The molecule has 1 aromatic rings. The molecule has 0 bridgehead atoms. The van der Waals surface area contributed by atoms with Gasteiger partial charge in [-0.2, -0.15) is 0 Å². The van der Waals surface area contributed by atoms with Gasteiger partial charge in [0.2, 0.25) is 0 Å². The maximum absolute atomic E-state index is 5.81. The van der Waals surface area contributed by atoms with Gasteiger partial charge in [0, 0.05) is 0 Å². The minimum atomic E-state index is 0.358. The first-order chi connectivity index (χ1) is 11.2. The van der Waals surface area contributed by atoms with Gasteiger partial charge in [-0.1, -0.05) is 6.07 Å². The molecule has 0 saturated carbocycles. The van der Waals surface area contributed by atoms with Crippen LogP contribution >= 0.6 is 0 Å². The summed E-state index contributed by atoms with van der Waals surface area (Å²) in [6, 6.07) is 6.50. The molecule has 3 rings (SSSR count). The third-order valence-electron chi connectivity index (χ3n) is 4.78. The number of quaternary nitrogens is 1. The zero-order valence-corrected chi connectivity index (χ0v) is 14.5. The second-order valence-electron chi connectivity index (χ2n) is 6.91. The zero-order valence-electron chi connectivity index (χ0n) is 14.5. The van der Waals surface area contributed by atoms with Crippen molar-refractivity contribution in [1.82, 2.24) is 0 Å². The first kappa shape index (κ1) is 16.7. The lowest BCUT2D eigenvalue weighted by atomic mass is 10.1. The largest absolute Gasteiger partial charge is 0.491 e. The summed E-state index contributed by atoms with van der Waals surface area (Å²) in [4.78, 5) is 1.58. The van der Waals surface area contributed by atoms with Crippen molar-refractivity contribution < 1.29 is 19.1 Å². The molecule has 0 spiro atoms. The van der Waals surface area contributed by atoms with E-state index in [1.54, 1.807) is 4.90 Å². The molecule has 1 fully saturated rings. The Morgan fingerprint density at radius 2 is 1.83 bits per heavy atom. The van der Waals surface area contributed by atoms with Gasteiger partial charge in [-0.3, -0.25) is 0 Å². The van der Waals surface area contributed by atoms with E-state index in [0.29, 0.717) is 25.4 Å². The highest BCUT2D eigenvalue weighted by Crippen LogP contribution is 2.25. The van der Waals surface area contributed by atoms with Crippen molar-refractivity contribution in [1.29, 1.82) is 0 Å². The van der Waals surface area contributed by atoms with Crippen LogP contribution in [0.4, 0.5) is 0 Å². The average Bonchev–Trinajstić information content (AvgIpc) is 2.97. The summed E-state index contributed by atoms with van der Waals surface area (Å²) in [7, 11) is 0. The summed E-state index contributed by atoms with van der Waals surface area (Å²) in [5.41, 5.74) is 2.95. The molecule has 23 heavy (non-hydrogen) atoms. The molecule has 1 aliphatic carbocycles. The quantitative estimate of drug-likeness (QED) is 0.768. The molecule has 4 heteroatoms. The molecule has 1 N–H and O–H groups in total. The van der Waals surface area contributed by atoms with E-state index in [-0.39, 0.29) is 0 Å². The van der Waals surface area contributed by atoms with Crippen molar-refractivity contribution in [3.63, 3.8) is 0 Å². The van der Waals surface area contributed by atoms with Gasteiger partial charge in [0.05, 0.1) is 13.2 Å². The van der Waals surface area contributed by atoms with Crippen molar-refractivity contribution in [2.45, 2.75) is 45.3 Å². The van der Waals surface area contributed by atoms with E-state index in [2.05, 4.69) is 32.0 Å². The van der Waals surface area contributed by atoms with Gasteiger partial charge in [-0.15, -0.1) is 0 Å². The summed E-state index contributed by atoms with van der Waals surface area (Å²) in [6.07, 6.45) is 4.42. The Hall–Kier alpha value is -1.10. The second kappa shape index (κ2) is 8.13. The predicted molar refractivity (Wildman–Crippen MR) is 90.4 cm³/mol. The van der Waals surface area contributed by atoms with Crippen LogP contribution in [0.25, 0.3) is 0 Å². The highest BCUT2D eigenvalue weighted by atomic mass is 16.5. The van der Waals surface area contributed by atoms with Crippen molar-refractivity contribution >= 4 is 0 Å². The molecule has 2 atom stereocenters. The molecular weight excluding hydrogens is 290 g/mol. The van der Waals surface area contributed by atoms with Crippen LogP contribution in [0.5, 0.6) is 5.75 Å². The first-order valence-electron chi connectivity index (χ1n) is 9.02. The number of morpholine rings is 1. The van der Waals surface area contributed by atoms with E-state index in [1.807, 2.05) is 0 Å². The first-order valence-corrected chi connectivity index (χ1v) is 9.02. The monoisotopic (exact) mass is 320 g/mol. The number of benzene rings is 1. The highest BCUT2D eigenvalue weighted by molar-refractivity contribution is 5.38. The number of hydrogen-bond acceptors (Lipinski definition) is 3. The fourth-order valence-electron chi connectivity index (χ4n) is 3.77. The Morgan fingerprint density at radius 3 is 2.65 bits per heavy atom. The SMILES string of the molecule is C[C@H]1C[NH+](CCOCCOc2ccc3c(c2)CCC3)C[C@H](C)O1. The number of aryl methyl sites for hydroxylation is 2. The van der Waals surface area contributed by atoms with Crippen LogP contribution in [0.2, 0.25) is 0 Å². The fraction of sp³-hybridized carbons (Fsp3) is 0.684. The molecule has 1 aromatic carbocycles. The van der Waals surface area contributed by atoms with Crippen LogP contribution < -0.4 is 9.64 Å². The zero-order chi connectivity index (χ0) is 16.1. The minimum Gasteiger partial charge on any atom is -0.491 e. The standard InChI is InChI=1S/C19H29NO3/c1-15-13-20(14-16(2)23-15)8-9-21-10-11-22-19-7-6-17-4-3-5-18(17)12-19/h6-7,12,15-16H,3-5,8-11,13-14H2,1-2H3/p+1/t15-,16-/m0/s1. The van der Waals surface area contributed by atoms with Crippen LogP contribution in [0, 0.1) is 0 Å². The normalized spacial score (nSPS) is 27.0. The molecule has 4 nitrogen and oxygen atoms in total. The topological polar surface area (TPSA) is 32.1 Å². The van der Waals surface area contributed by atoms with Gasteiger partial charge in [0.15, 0.2) is 0 Å². The Bertz CT molecular complexity index is 495. The molecule has 128 valence electrons. The van der Waals surface area contributed by atoms with Gasteiger partial charge >= 0.3 is 0 Å². The van der Waals surface area contributed by atoms with Gasteiger partial charge in [0.25, 0.3) is 0 Å². The van der Waals surface area contributed by atoms with Gasteiger partial charge < -0.3 is 19.1 Å². The van der Waals surface area contributed by atoms with E-state index in [9.17, 15) is 0 Å². The van der Waals surface area contributed by atoms with Crippen molar-refractivity contribution in [3.05, 3.63) is 29.3 Å². The molecule has 0 unspecified atom stereocenters. The number of nitrogens with one attached hydrogen (secondary N) is 1. The third-order valence-corrected chi connectivity index (χ3v) is 4.78. The van der Waals surface area contributed by atoms with E-state index in [1.165, 1.54) is 30.4 Å². The Kier molecular flexibility index (Phi) is 5.92. The molecule has 0 radical (unpaired) electrons. The maximum atomic E-state index is 5.81. The number of fused-ring (bicyclic) bond motifs is 1. The smallest absolute Gasteiger partial charge is 0.119 e. The van der Waals surface area contributed by atoms with Crippen LogP contribution in [0.1, 0.15) is 31.4 Å². The number of hydrogen-bond donors (Lipinski definition) is 1. The minimum absolute atomic E-state index is 0.358. The fourth-order valence-corrected chi connectivity index (χ4v) is 3.77. The van der Waals surface area contributed by atoms with Crippen LogP contribution in [-0.4, -0.2) is 51.7 Å². The second-order valence-corrected chi connectivity index (χ2v) is 6.91. The lowest BCUT2D eigenvalue weighted by Gasteiger charge is -2.32. The molecule has 0 amide bonds. The summed E-state index contributed by atoms with van der Waals surface area (Å²) in [5, 5.41) is 0. The Balaban J connectivity index is 1.28. The van der Waals surface area contributed by atoms with Gasteiger partial charge in [-0.05, 0) is 56.4 Å². The third kappa shape index (κ3) is 4.93. The van der Waals surface area contributed by atoms with E-state index < -0.39 is 0 Å². The molecule has 2 aliphatic rings. The summed E-state index contributed by atoms with van der Waals surface area (Å²) in [6.45, 7) is 9.61. The summed E-state index contributed by atoms with van der Waals surface area (Å²) in [5.74, 6) is 0.982. The van der Waals surface area contributed by atoms with Crippen molar-refractivity contribution in [3.8, 4) is 5.75 Å². The van der Waals surface area contributed by atoms with Gasteiger partial charge in [-0.25, -0.2) is 0 Å². The van der Waals surface area contributed by atoms with Crippen LogP contribution in [0.15, 0.2) is 18.2 Å². The average molecular weight is 320 g/mol. The van der Waals surface area contributed by atoms with Crippen LogP contribution in [0.3, 0.4) is 0 Å². The molecule has 1 aliphatic heterocycles. The molecule has 1 heterocycles. The molecule has 0 aromatic heterocycles. The summed E-state index contributed by atoms with van der Waals surface area (Å²) < 4.78 is 17.3. The number of rotatable bonds is 7. The maximum Gasteiger partial charge on any atom is 0.119 e. The Morgan fingerprint density at radius 1 is 1.04 bits per heavy atom. The van der Waals surface area contributed by atoms with Crippen molar-refractivity contribution in [2.24, 2.45) is 0 Å². The van der Waals surface area contributed by atoms with Gasteiger partial charge in [0.1, 0.15) is 44.2 Å². The van der Waals surface area contributed by atoms with E-state index in [0.717, 1.165) is 32.0 Å². The highest BCUT2D eigenvalue weighted by Gasteiger charge is 2.24. The molecular formula is C19H30NO3+.